The van der Waals surface area contributed by atoms with E-state index in [1.165, 1.54) is 4.90 Å². The van der Waals surface area contributed by atoms with Crippen molar-refractivity contribution in [1.82, 2.24) is 10.2 Å². The molecule has 1 heterocycles. The van der Waals surface area contributed by atoms with Crippen molar-refractivity contribution in [2.75, 3.05) is 6.54 Å². The molecule has 0 aromatic carbocycles. The van der Waals surface area contributed by atoms with Crippen LogP contribution in [0.1, 0.15) is 34.1 Å². The summed E-state index contributed by atoms with van der Waals surface area (Å²) in [5.74, 6) is 0.122. The van der Waals surface area contributed by atoms with Gasteiger partial charge in [-0.3, -0.25) is 10.1 Å². The fourth-order valence-electron chi connectivity index (χ4n) is 2.21. The lowest BCUT2D eigenvalue weighted by molar-refractivity contribution is -0.133. The molecule has 1 aliphatic heterocycles. The zero-order valence-electron chi connectivity index (χ0n) is 10.9. The Kier molecular flexibility index (Phi) is 4.86. The third-order valence-corrected chi connectivity index (χ3v) is 3.41. The van der Waals surface area contributed by atoms with Gasteiger partial charge >= 0.3 is 0 Å². The fourth-order valence-corrected chi connectivity index (χ4v) is 2.21. The molecule has 0 radical (unpaired) electrons. The summed E-state index contributed by atoms with van der Waals surface area (Å²) >= 11 is 0. The molecule has 17 heavy (non-hydrogen) atoms. The van der Waals surface area contributed by atoms with Gasteiger partial charge in [-0.05, 0) is 11.8 Å². The van der Waals surface area contributed by atoms with E-state index in [2.05, 4.69) is 5.32 Å². The summed E-state index contributed by atoms with van der Waals surface area (Å²) in [6, 6.07) is -0.314. The van der Waals surface area contributed by atoms with Crippen LogP contribution in [0.5, 0.6) is 0 Å². The highest BCUT2D eigenvalue weighted by atomic mass is 19.3. The van der Waals surface area contributed by atoms with E-state index in [-0.39, 0.29) is 30.0 Å². The van der Waals surface area contributed by atoms with Crippen molar-refractivity contribution in [3.8, 4) is 0 Å². The summed E-state index contributed by atoms with van der Waals surface area (Å²) in [4.78, 5) is 13.4. The van der Waals surface area contributed by atoms with Gasteiger partial charge in [-0.25, -0.2) is 8.78 Å². The third kappa shape index (κ3) is 3.15. The van der Waals surface area contributed by atoms with Gasteiger partial charge in [0.1, 0.15) is 0 Å². The van der Waals surface area contributed by atoms with Gasteiger partial charge in [-0.1, -0.05) is 34.1 Å². The Morgan fingerprint density at radius 2 is 1.94 bits per heavy atom. The molecule has 1 fully saturated rings. The van der Waals surface area contributed by atoms with Crippen molar-refractivity contribution < 1.29 is 13.6 Å². The highest BCUT2D eigenvalue weighted by Gasteiger charge is 2.42. The Balaban J connectivity index is 2.81. The number of halogens is 2. The minimum absolute atomic E-state index is 0.131. The number of rotatable bonds is 5. The maximum atomic E-state index is 12.5. The summed E-state index contributed by atoms with van der Waals surface area (Å²) in [7, 11) is 0. The second-order valence-corrected chi connectivity index (χ2v) is 5.10. The van der Waals surface area contributed by atoms with Crippen LogP contribution in [0.15, 0.2) is 0 Å². The number of hydrogen-bond donors (Lipinski definition) is 1. The van der Waals surface area contributed by atoms with E-state index < -0.39 is 13.0 Å². The minimum atomic E-state index is -2.47. The first-order valence-electron chi connectivity index (χ1n) is 6.23. The molecule has 5 heteroatoms. The monoisotopic (exact) mass is 248 g/mol. The molecule has 3 atom stereocenters. The molecule has 0 aliphatic carbocycles. The highest BCUT2D eigenvalue weighted by molar-refractivity contribution is 5.84. The smallest absolute Gasteiger partial charge is 0.255 e. The molecule has 100 valence electrons. The van der Waals surface area contributed by atoms with E-state index in [0.29, 0.717) is 0 Å². The van der Waals surface area contributed by atoms with E-state index in [9.17, 15) is 13.6 Å². The number of carbonyl (C=O) groups excluding carboxylic acids is 1. The fraction of sp³-hybridized carbons (Fsp3) is 0.917. The summed E-state index contributed by atoms with van der Waals surface area (Å²) in [6.07, 6.45) is -1.88. The number of nitrogens with zero attached hydrogens (tertiary/aromatic N) is 1. The van der Waals surface area contributed by atoms with Crippen LogP contribution in [-0.4, -0.2) is 36.0 Å². The van der Waals surface area contributed by atoms with Gasteiger partial charge in [-0.15, -0.1) is 0 Å². The molecule has 3 nitrogen and oxygen atoms in total. The standard InChI is InChI=1S/C12H22F2N2O/c1-5-8(4)10-12(17)16(6-9(13)14)11(15-10)7(2)3/h7-11,15H,5-6H2,1-4H3. The zero-order valence-corrected chi connectivity index (χ0v) is 10.9. The van der Waals surface area contributed by atoms with E-state index in [4.69, 9.17) is 0 Å². The van der Waals surface area contributed by atoms with Gasteiger partial charge in [0.2, 0.25) is 5.91 Å². The van der Waals surface area contributed by atoms with Crippen molar-refractivity contribution in [1.29, 1.82) is 0 Å². The number of carbonyl (C=O) groups is 1. The average Bonchev–Trinajstić information content (AvgIpc) is 2.55. The molecule has 0 saturated carbocycles. The maximum Gasteiger partial charge on any atom is 0.255 e. The molecule has 0 aromatic rings. The molecule has 1 saturated heterocycles. The average molecular weight is 248 g/mol. The van der Waals surface area contributed by atoms with Crippen molar-refractivity contribution in [3.63, 3.8) is 0 Å². The van der Waals surface area contributed by atoms with Gasteiger partial charge in [-0.2, -0.15) is 0 Å². The van der Waals surface area contributed by atoms with E-state index >= 15 is 0 Å². The molecular weight excluding hydrogens is 226 g/mol. The summed E-state index contributed by atoms with van der Waals surface area (Å²) in [5.41, 5.74) is 0. The SMILES string of the molecule is CCC(C)C1NC(C(C)C)N(CC(F)F)C1=O. The Labute approximate surface area is 102 Å². The predicted molar refractivity (Wildman–Crippen MR) is 62.7 cm³/mol. The highest BCUT2D eigenvalue weighted by Crippen LogP contribution is 2.23. The van der Waals surface area contributed by atoms with Gasteiger partial charge in [0.25, 0.3) is 6.43 Å². The molecule has 0 bridgehead atoms. The van der Waals surface area contributed by atoms with Crippen molar-refractivity contribution in [2.24, 2.45) is 11.8 Å². The van der Waals surface area contributed by atoms with Crippen LogP contribution in [0.4, 0.5) is 8.78 Å². The largest absolute Gasteiger partial charge is 0.320 e. The van der Waals surface area contributed by atoms with E-state index in [1.54, 1.807) is 0 Å². The topological polar surface area (TPSA) is 32.3 Å². The first-order valence-corrected chi connectivity index (χ1v) is 6.23. The van der Waals surface area contributed by atoms with Crippen molar-refractivity contribution in [3.05, 3.63) is 0 Å². The quantitative estimate of drug-likeness (QED) is 0.808. The third-order valence-electron chi connectivity index (χ3n) is 3.41. The van der Waals surface area contributed by atoms with Crippen LogP contribution in [0.3, 0.4) is 0 Å². The van der Waals surface area contributed by atoms with Crippen LogP contribution >= 0.6 is 0 Å². The number of amides is 1. The van der Waals surface area contributed by atoms with Crippen molar-refractivity contribution >= 4 is 5.91 Å². The molecule has 1 rings (SSSR count). The lowest BCUT2D eigenvalue weighted by atomic mass is 9.99. The van der Waals surface area contributed by atoms with Gasteiger partial charge < -0.3 is 4.90 Å². The predicted octanol–water partition coefficient (Wildman–Crippen LogP) is 2.08. The molecule has 1 amide bonds. The number of nitrogens with one attached hydrogen (secondary N) is 1. The van der Waals surface area contributed by atoms with Crippen LogP contribution in [-0.2, 0) is 4.79 Å². The van der Waals surface area contributed by atoms with Gasteiger partial charge in [0, 0.05) is 0 Å². The van der Waals surface area contributed by atoms with Crippen LogP contribution in [0.2, 0.25) is 0 Å². The van der Waals surface area contributed by atoms with E-state index in [1.807, 2.05) is 27.7 Å². The summed E-state index contributed by atoms with van der Waals surface area (Å²) in [6.45, 7) is 7.37. The molecule has 1 aliphatic rings. The van der Waals surface area contributed by atoms with Gasteiger partial charge in [0.15, 0.2) is 0 Å². The Morgan fingerprint density at radius 1 is 1.35 bits per heavy atom. The molecule has 3 unspecified atom stereocenters. The Morgan fingerprint density at radius 3 is 2.35 bits per heavy atom. The lowest BCUT2D eigenvalue weighted by Gasteiger charge is -2.26. The summed E-state index contributed by atoms with van der Waals surface area (Å²) < 4.78 is 25.0. The Hall–Kier alpha value is -0.710. The minimum Gasteiger partial charge on any atom is -0.320 e. The molecule has 1 N–H and O–H groups in total. The van der Waals surface area contributed by atoms with Crippen LogP contribution < -0.4 is 5.32 Å². The summed E-state index contributed by atoms with van der Waals surface area (Å²) in [5, 5.41) is 3.19. The lowest BCUT2D eigenvalue weighted by Crippen LogP contribution is -2.43. The van der Waals surface area contributed by atoms with E-state index in [0.717, 1.165) is 6.42 Å². The first-order chi connectivity index (χ1) is 7.88. The first kappa shape index (κ1) is 14.4. The zero-order chi connectivity index (χ0) is 13.2. The molecular formula is C12H22F2N2O. The van der Waals surface area contributed by atoms with Crippen LogP contribution in [0, 0.1) is 11.8 Å². The molecule has 0 spiro atoms. The van der Waals surface area contributed by atoms with Crippen LogP contribution in [0.25, 0.3) is 0 Å². The van der Waals surface area contributed by atoms with Gasteiger partial charge in [0.05, 0.1) is 18.8 Å². The Bertz CT molecular complexity index is 271. The molecule has 0 aromatic heterocycles. The second-order valence-electron chi connectivity index (χ2n) is 5.10. The number of alkyl halides is 2. The van der Waals surface area contributed by atoms with Crippen molar-refractivity contribution in [2.45, 2.75) is 52.7 Å². The number of hydrogen-bond acceptors (Lipinski definition) is 2. The normalized spacial score (nSPS) is 27.3. The maximum absolute atomic E-state index is 12.5. The second kappa shape index (κ2) is 5.76.